The van der Waals surface area contributed by atoms with Crippen LogP contribution in [0.15, 0.2) is 48.5 Å². The van der Waals surface area contributed by atoms with Crippen molar-refractivity contribution in [1.29, 1.82) is 0 Å². The van der Waals surface area contributed by atoms with E-state index >= 15 is 0 Å². The zero-order chi connectivity index (χ0) is 17.9. The molecule has 0 unspecified atom stereocenters. The molecule has 0 amide bonds. The summed E-state index contributed by atoms with van der Waals surface area (Å²) in [6.45, 7) is 1.69. The van der Waals surface area contributed by atoms with E-state index in [4.69, 9.17) is 4.74 Å². The summed E-state index contributed by atoms with van der Waals surface area (Å²) >= 11 is 0. The van der Waals surface area contributed by atoms with Crippen LogP contribution >= 0.6 is 0 Å². The highest BCUT2D eigenvalue weighted by atomic mass is 16.5. The second kappa shape index (κ2) is 7.34. The Morgan fingerprint density at radius 1 is 1.12 bits per heavy atom. The maximum absolute atomic E-state index is 12.4. The zero-order valence-corrected chi connectivity index (χ0v) is 15.1. The Labute approximate surface area is 153 Å². The van der Waals surface area contributed by atoms with E-state index in [0.29, 0.717) is 6.42 Å². The number of nitrogens with zero attached hydrogens (tertiary/aromatic N) is 1. The summed E-state index contributed by atoms with van der Waals surface area (Å²) in [4.78, 5) is 12.4. The number of aromatic nitrogens is 1. The van der Waals surface area contributed by atoms with Crippen LogP contribution in [0.5, 0.6) is 5.75 Å². The summed E-state index contributed by atoms with van der Waals surface area (Å²) < 4.78 is 7.23. The first-order chi connectivity index (χ1) is 12.8. The van der Waals surface area contributed by atoms with Gasteiger partial charge in [0.1, 0.15) is 5.75 Å². The van der Waals surface area contributed by atoms with Gasteiger partial charge in [-0.1, -0.05) is 30.3 Å². The van der Waals surface area contributed by atoms with Crippen LogP contribution in [0.2, 0.25) is 0 Å². The predicted octanol–water partition coefficient (Wildman–Crippen LogP) is 3.96. The number of ether oxygens (including phenoxy) is 1. The van der Waals surface area contributed by atoms with Gasteiger partial charge in [-0.3, -0.25) is 9.36 Å². The van der Waals surface area contributed by atoms with E-state index in [2.05, 4.69) is 35.6 Å². The monoisotopic (exact) mass is 348 g/mol. The molecular formula is C22H24N2O2. The molecule has 26 heavy (non-hydrogen) atoms. The highest BCUT2D eigenvalue weighted by Gasteiger charge is 2.23. The van der Waals surface area contributed by atoms with Crippen LogP contribution in [-0.2, 0) is 19.4 Å². The topological polar surface area (TPSA) is 43.3 Å². The summed E-state index contributed by atoms with van der Waals surface area (Å²) in [5, 5.41) is 4.75. The lowest BCUT2D eigenvalue weighted by molar-refractivity contribution is 0.0889. The van der Waals surface area contributed by atoms with E-state index in [9.17, 15) is 4.79 Å². The van der Waals surface area contributed by atoms with E-state index < -0.39 is 0 Å². The fraction of sp³-hybridized carbons (Fsp3) is 0.318. The van der Waals surface area contributed by atoms with Gasteiger partial charge in [0, 0.05) is 24.0 Å². The maximum atomic E-state index is 12.4. The number of para-hydroxylation sites is 1. The van der Waals surface area contributed by atoms with E-state index in [1.165, 1.54) is 22.2 Å². The van der Waals surface area contributed by atoms with Crippen molar-refractivity contribution in [2.75, 3.05) is 13.7 Å². The fourth-order valence-corrected chi connectivity index (χ4v) is 3.93. The second-order valence-corrected chi connectivity index (χ2v) is 6.80. The minimum Gasteiger partial charge on any atom is -0.497 e. The van der Waals surface area contributed by atoms with Crippen molar-refractivity contribution >= 4 is 16.8 Å². The molecule has 134 valence electrons. The fourth-order valence-electron chi connectivity index (χ4n) is 3.93. The smallest absolute Gasteiger partial charge is 0.231 e. The molecule has 0 aliphatic carbocycles. The van der Waals surface area contributed by atoms with Gasteiger partial charge < -0.3 is 10.1 Å². The van der Waals surface area contributed by atoms with E-state index in [1.54, 1.807) is 7.11 Å². The largest absolute Gasteiger partial charge is 0.497 e. The molecular weight excluding hydrogens is 324 g/mol. The molecule has 1 aromatic heterocycles. The van der Waals surface area contributed by atoms with Crippen molar-refractivity contribution in [3.8, 4) is 5.75 Å². The Kier molecular flexibility index (Phi) is 4.76. The molecule has 0 saturated heterocycles. The van der Waals surface area contributed by atoms with Gasteiger partial charge in [0.15, 0.2) is 0 Å². The van der Waals surface area contributed by atoms with Crippen LogP contribution in [-0.4, -0.2) is 24.1 Å². The van der Waals surface area contributed by atoms with Gasteiger partial charge in [-0.25, -0.2) is 0 Å². The van der Waals surface area contributed by atoms with E-state index in [0.717, 1.165) is 43.6 Å². The van der Waals surface area contributed by atoms with Gasteiger partial charge >= 0.3 is 0 Å². The molecule has 0 fully saturated rings. The van der Waals surface area contributed by atoms with Gasteiger partial charge in [-0.2, -0.15) is 0 Å². The third-order valence-electron chi connectivity index (χ3n) is 5.16. The first-order valence-corrected chi connectivity index (χ1v) is 9.26. The number of hydrogen-bond donors (Lipinski definition) is 1. The lowest BCUT2D eigenvalue weighted by Crippen LogP contribution is -2.21. The molecule has 4 nitrogen and oxygen atoms in total. The van der Waals surface area contributed by atoms with Crippen LogP contribution in [0.1, 0.15) is 34.5 Å². The molecule has 0 atom stereocenters. The van der Waals surface area contributed by atoms with Crippen molar-refractivity contribution in [2.24, 2.45) is 0 Å². The number of fused-ring (bicyclic) bond motifs is 3. The van der Waals surface area contributed by atoms with Crippen molar-refractivity contribution < 1.29 is 9.53 Å². The molecule has 2 aromatic carbocycles. The molecule has 1 aliphatic rings. The second-order valence-electron chi connectivity index (χ2n) is 6.80. The van der Waals surface area contributed by atoms with Gasteiger partial charge in [-0.05, 0) is 55.1 Å². The number of benzene rings is 2. The van der Waals surface area contributed by atoms with E-state index in [1.807, 2.05) is 22.8 Å². The maximum Gasteiger partial charge on any atom is 0.231 e. The van der Waals surface area contributed by atoms with Gasteiger partial charge in [0.25, 0.3) is 0 Å². The van der Waals surface area contributed by atoms with E-state index in [-0.39, 0.29) is 5.91 Å². The van der Waals surface area contributed by atoms with Crippen molar-refractivity contribution in [3.05, 3.63) is 65.4 Å². The summed E-state index contributed by atoms with van der Waals surface area (Å²) in [6, 6.07) is 16.4. The minimum atomic E-state index is 0.234. The molecule has 0 saturated carbocycles. The molecule has 4 heteroatoms. The molecule has 2 heterocycles. The molecule has 0 bridgehead atoms. The summed E-state index contributed by atoms with van der Waals surface area (Å²) in [6.07, 6.45) is 3.53. The number of nitrogens with one attached hydrogen (secondary N) is 1. The highest BCUT2D eigenvalue weighted by Crippen LogP contribution is 2.30. The first-order valence-electron chi connectivity index (χ1n) is 9.26. The summed E-state index contributed by atoms with van der Waals surface area (Å²) in [5.41, 5.74) is 4.82. The summed E-state index contributed by atoms with van der Waals surface area (Å²) in [5.74, 6) is 1.12. The summed E-state index contributed by atoms with van der Waals surface area (Å²) in [7, 11) is 1.69. The Hall–Kier alpha value is -2.59. The molecule has 3 aromatic rings. The average molecular weight is 348 g/mol. The highest BCUT2D eigenvalue weighted by molar-refractivity contribution is 5.96. The molecule has 0 spiro atoms. The minimum absolute atomic E-state index is 0.234. The first kappa shape index (κ1) is 16.9. The Morgan fingerprint density at radius 2 is 2.00 bits per heavy atom. The Balaban J connectivity index is 1.50. The van der Waals surface area contributed by atoms with Crippen LogP contribution in [0.25, 0.3) is 10.9 Å². The van der Waals surface area contributed by atoms with Crippen molar-refractivity contribution in [2.45, 2.75) is 32.2 Å². The molecule has 1 aliphatic heterocycles. The van der Waals surface area contributed by atoms with Crippen LogP contribution < -0.4 is 10.1 Å². The molecule has 4 rings (SSSR count). The number of methoxy groups -OCH3 is 1. The Morgan fingerprint density at radius 3 is 2.88 bits per heavy atom. The number of carbonyl (C=O) groups excluding carboxylic acids is 1. The Bertz CT molecular complexity index is 942. The van der Waals surface area contributed by atoms with Crippen molar-refractivity contribution in [1.82, 2.24) is 9.88 Å². The van der Waals surface area contributed by atoms with Crippen molar-refractivity contribution in [3.63, 3.8) is 0 Å². The lowest BCUT2D eigenvalue weighted by Gasteiger charge is -2.16. The van der Waals surface area contributed by atoms with Crippen LogP contribution in [0.4, 0.5) is 0 Å². The third kappa shape index (κ3) is 3.13. The third-order valence-corrected chi connectivity index (χ3v) is 5.16. The van der Waals surface area contributed by atoms with Gasteiger partial charge in [0.05, 0.1) is 12.6 Å². The van der Waals surface area contributed by atoms with Crippen LogP contribution in [0.3, 0.4) is 0 Å². The number of rotatable bonds is 6. The average Bonchev–Trinajstić information content (AvgIpc) is 3.00. The SMILES string of the molecule is COc1cccc(CNCCc2c3n(c4ccccc24)C(=O)CCC3)c1. The number of hydrogen-bond acceptors (Lipinski definition) is 3. The normalized spacial score (nSPS) is 13.8. The predicted molar refractivity (Wildman–Crippen MR) is 104 cm³/mol. The van der Waals surface area contributed by atoms with Crippen LogP contribution in [0, 0.1) is 0 Å². The van der Waals surface area contributed by atoms with Gasteiger partial charge in [-0.15, -0.1) is 0 Å². The molecule has 1 N–H and O–H groups in total. The molecule has 0 radical (unpaired) electrons. The zero-order valence-electron chi connectivity index (χ0n) is 15.1. The quantitative estimate of drug-likeness (QED) is 0.686. The standard InChI is InChI=1S/C22H24N2O2/c1-26-17-7-4-6-16(14-17)15-23-13-12-19-18-8-2-3-9-20(18)24-21(19)10-5-11-22(24)25/h2-4,6-9,14,23H,5,10-13,15H2,1H3. The van der Waals surface area contributed by atoms with Gasteiger partial charge in [0.2, 0.25) is 5.91 Å². The lowest BCUT2D eigenvalue weighted by atomic mass is 10.0. The number of carbonyl (C=O) groups is 1.